The lowest BCUT2D eigenvalue weighted by Crippen LogP contribution is -2.15. The molecule has 2 heterocycles. The van der Waals surface area contributed by atoms with E-state index in [1.54, 1.807) is 17.6 Å². The maximum Gasteiger partial charge on any atom is 0.162 e. The number of rotatable bonds is 5. The minimum absolute atomic E-state index is 0.577. The Morgan fingerprint density at radius 1 is 1.35 bits per heavy atom. The third kappa shape index (κ3) is 3.58. The van der Waals surface area contributed by atoms with E-state index in [4.69, 9.17) is 4.42 Å². The summed E-state index contributed by atoms with van der Waals surface area (Å²) in [5, 5.41) is 2.87. The topological polar surface area (TPSA) is 43.1 Å². The largest absolute Gasteiger partial charge is 0.462 e. The van der Waals surface area contributed by atoms with E-state index in [1.165, 1.54) is 32.1 Å². The van der Waals surface area contributed by atoms with Crippen LogP contribution in [0.3, 0.4) is 0 Å². The minimum atomic E-state index is -0.788. The van der Waals surface area contributed by atoms with Crippen LogP contribution in [0.4, 0.5) is 0 Å². The summed E-state index contributed by atoms with van der Waals surface area (Å²) >= 11 is 1.56. The Kier molecular flexibility index (Phi) is 4.68. The molecule has 0 spiro atoms. The minimum Gasteiger partial charge on any atom is -0.462 e. The monoisotopic (exact) mass is 309 g/mol. The molecule has 1 saturated carbocycles. The summed E-state index contributed by atoms with van der Waals surface area (Å²) in [4.78, 5) is 4.52. The Labute approximate surface area is 125 Å². The highest BCUT2D eigenvalue weighted by atomic mass is 32.2. The summed E-state index contributed by atoms with van der Waals surface area (Å²) in [7, 11) is -0.788. The number of hydrogen-bond donors (Lipinski definition) is 0. The van der Waals surface area contributed by atoms with Crippen molar-refractivity contribution in [2.75, 3.05) is 5.75 Å². The lowest BCUT2D eigenvalue weighted by atomic mass is 9.91. The van der Waals surface area contributed by atoms with Crippen LogP contribution in [0, 0.1) is 5.92 Å². The van der Waals surface area contributed by atoms with Crippen molar-refractivity contribution in [2.24, 2.45) is 5.92 Å². The second-order valence-electron chi connectivity index (χ2n) is 5.38. The van der Waals surface area contributed by atoms with Crippen molar-refractivity contribution in [3.63, 3.8) is 0 Å². The van der Waals surface area contributed by atoms with Gasteiger partial charge in [0, 0.05) is 21.9 Å². The lowest BCUT2D eigenvalue weighted by Gasteiger charge is -2.20. The molecule has 0 aliphatic heterocycles. The van der Waals surface area contributed by atoms with E-state index in [9.17, 15) is 4.21 Å². The van der Waals surface area contributed by atoms with E-state index in [-0.39, 0.29) is 0 Å². The van der Waals surface area contributed by atoms with E-state index in [0.717, 1.165) is 22.2 Å². The predicted octanol–water partition coefficient (Wildman–Crippen LogP) is 4.23. The molecule has 1 aliphatic rings. The van der Waals surface area contributed by atoms with Crippen molar-refractivity contribution >= 4 is 22.1 Å². The zero-order chi connectivity index (χ0) is 13.8. The van der Waals surface area contributed by atoms with Crippen molar-refractivity contribution in [1.29, 1.82) is 0 Å². The first-order valence-electron chi connectivity index (χ1n) is 7.14. The molecule has 0 N–H and O–H groups in total. The van der Waals surface area contributed by atoms with Gasteiger partial charge < -0.3 is 4.42 Å². The van der Waals surface area contributed by atoms with Crippen LogP contribution in [-0.4, -0.2) is 14.9 Å². The van der Waals surface area contributed by atoms with Crippen LogP contribution in [0.15, 0.2) is 28.2 Å². The number of thiazole rings is 1. The molecule has 0 unspecified atom stereocenters. The predicted molar refractivity (Wildman–Crippen MR) is 83.1 cm³/mol. The van der Waals surface area contributed by atoms with E-state index < -0.39 is 10.8 Å². The van der Waals surface area contributed by atoms with Crippen LogP contribution in [-0.2, 0) is 16.6 Å². The van der Waals surface area contributed by atoms with E-state index in [0.29, 0.717) is 11.7 Å². The molecule has 0 aromatic carbocycles. The van der Waals surface area contributed by atoms with Crippen molar-refractivity contribution in [3.05, 3.63) is 29.5 Å². The lowest BCUT2D eigenvalue weighted by molar-refractivity contribution is 0.388. The molecular weight excluding hydrogens is 290 g/mol. The first kappa shape index (κ1) is 14.0. The van der Waals surface area contributed by atoms with Gasteiger partial charge in [-0.15, -0.1) is 11.3 Å². The average Bonchev–Trinajstić information content (AvgIpc) is 3.10. The van der Waals surface area contributed by atoms with Crippen molar-refractivity contribution in [3.8, 4) is 10.8 Å². The molecule has 0 saturated heterocycles. The number of aromatic nitrogens is 1. The van der Waals surface area contributed by atoms with Crippen LogP contribution in [0.5, 0.6) is 0 Å². The Morgan fingerprint density at radius 3 is 2.95 bits per heavy atom. The van der Waals surface area contributed by atoms with Crippen LogP contribution in [0.2, 0.25) is 0 Å². The maximum atomic E-state index is 12.2. The molecule has 3 rings (SSSR count). The third-order valence-electron chi connectivity index (χ3n) is 3.74. The van der Waals surface area contributed by atoms with Gasteiger partial charge in [0.15, 0.2) is 10.8 Å². The smallest absolute Gasteiger partial charge is 0.162 e. The molecular formula is C15H19NO2S2. The van der Waals surface area contributed by atoms with Crippen LogP contribution < -0.4 is 0 Å². The van der Waals surface area contributed by atoms with Crippen LogP contribution >= 0.6 is 11.3 Å². The van der Waals surface area contributed by atoms with Gasteiger partial charge in [0.1, 0.15) is 0 Å². The Morgan fingerprint density at radius 2 is 2.20 bits per heavy atom. The number of nitrogens with zero attached hydrogens (tertiary/aromatic N) is 1. The number of furan rings is 1. The average molecular weight is 309 g/mol. The summed E-state index contributed by atoms with van der Waals surface area (Å²) in [5.41, 5.74) is 0.926. The first-order chi connectivity index (χ1) is 9.81. The van der Waals surface area contributed by atoms with Crippen molar-refractivity contribution < 1.29 is 8.63 Å². The molecule has 0 amide bonds. The zero-order valence-electron chi connectivity index (χ0n) is 11.4. The van der Waals surface area contributed by atoms with Gasteiger partial charge >= 0.3 is 0 Å². The standard InChI is InChI=1S/C15H19NO2S2/c17-20(10-12-5-2-1-3-6-12)11-13-9-19-15(16-13)14-7-4-8-18-14/h4,7-9,12H,1-3,5-6,10-11H2/t20-/m0/s1. The zero-order valence-corrected chi connectivity index (χ0v) is 13.0. The molecule has 2 aromatic heterocycles. The molecule has 0 radical (unpaired) electrons. The maximum absolute atomic E-state index is 12.2. The molecule has 2 aromatic rings. The molecule has 20 heavy (non-hydrogen) atoms. The molecule has 1 atom stereocenters. The van der Waals surface area contributed by atoms with Gasteiger partial charge in [-0.2, -0.15) is 0 Å². The van der Waals surface area contributed by atoms with E-state index in [2.05, 4.69) is 4.98 Å². The number of hydrogen-bond acceptors (Lipinski definition) is 4. The Balaban J connectivity index is 1.56. The first-order valence-corrected chi connectivity index (χ1v) is 9.51. The fourth-order valence-corrected chi connectivity index (χ4v) is 5.07. The highest BCUT2D eigenvalue weighted by Gasteiger charge is 2.17. The van der Waals surface area contributed by atoms with Gasteiger partial charge in [0.05, 0.1) is 17.7 Å². The molecule has 1 fully saturated rings. The quantitative estimate of drug-likeness (QED) is 0.830. The molecule has 1 aliphatic carbocycles. The SMILES string of the molecule is O=[S@](Cc1csc(-c2ccco2)n1)CC1CCCCC1. The van der Waals surface area contributed by atoms with Crippen molar-refractivity contribution in [1.82, 2.24) is 4.98 Å². The second-order valence-corrected chi connectivity index (χ2v) is 7.74. The van der Waals surface area contributed by atoms with Crippen LogP contribution in [0.25, 0.3) is 10.8 Å². The fraction of sp³-hybridized carbons (Fsp3) is 0.533. The normalized spacial score (nSPS) is 18.2. The Hall–Kier alpha value is -0.940. The van der Waals surface area contributed by atoms with Gasteiger partial charge in [-0.25, -0.2) is 4.98 Å². The summed E-state index contributed by atoms with van der Waals surface area (Å²) in [6.07, 6.45) is 8.11. The summed E-state index contributed by atoms with van der Waals surface area (Å²) < 4.78 is 17.6. The molecule has 3 nitrogen and oxygen atoms in total. The van der Waals surface area contributed by atoms with E-state index >= 15 is 0 Å². The van der Waals surface area contributed by atoms with Gasteiger partial charge in [-0.3, -0.25) is 4.21 Å². The third-order valence-corrected chi connectivity index (χ3v) is 6.11. The summed E-state index contributed by atoms with van der Waals surface area (Å²) in [6.45, 7) is 0. The second kappa shape index (κ2) is 6.68. The van der Waals surface area contributed by atoms with Crippen molar-refractivity contribution in [2.45, 2.75) is 37.9 Å². The van der Waals surface area contributed by atoms with Crippen LogP contribution in [0.1, 0.15) is 37.8 Å². The molecule has 5 heteroatoms. The van der Waals surface area contributed by atoms with Gasteiger partial charge in [0.25, 0.3) is 0 Å². The summed E-state index contributed by atoms with van der Waals surface area (Å²) in [6, 6.07) is 3.76. The van der Waals surface area contributed by atoms with Gasteiger partial charge in [-0.05, 0) is 30.9 Å². The van der Waals surface area contributed by atoms with E-state index in [1.807, 2.05) is 17.5 Å². The fourth-order valence-electron chi connectivity index (χ4n) is 2.73. The summed E-state index contributed by atoms with van der Waals surface area (Å²) in [5.74, 6) is 2.87. The highest BCUT2D eigenvalue weighted by Crippen LogP contribution is 2.26. The molecule has 108 valence electrons. The highest BCUT2D eigenvalue weighted by molar-refractivity contribution is 7.84. The molecule has 0 bridgehead atoms. The van der Waals surface area contributed by atoms with Gasteiger partial charge in [0.2, 0.25) is 0 Å². The Bertz CT molecular complexity index is 556. The van der Waals surface area contributed by atoms with Gasteiger partial charge in [-0.1, -0.05) is 19.3 Å².